The summed E-state index contributed by atoms with van der Waals surface area (Å²) < 4.78 is 29.5. The molecule has 3 aliphatic rings. The van der Waals surface area contributed by atoms with Gasteiger partial charge in [0, 0.05) is 49.4 Å². The number of anilines is 1. The summed E-state index contributed by atoms with van der Waals surface area (Å²) in [5.74, 6) is 0.442. The van der Waals surface area contributed by atoms with Gasteiger partial charge in [0.15, 0.2) is 17.5 Å². The number of hydrogen-bond acceptors (Lipinski definition) is 7. The number of likely N-dealkylation sites (tertiary alicyclic amines) is 1. The number of aromatic nitrogens is 1. The van der Waals surface area contributed by atoms with E-state index in [1.807, 2.05) is 33.9 Å². The molecule has 0 saturated carbocycles. The summed E-state index contributed by atoms with van der Waals surface area (Å²) in [5, 5.41) is 4.91. The number of nitrogens with one attached hydrogen (secondary N) is 1. The van der Waals surface area contributed by atoms with Crippen LogP contribution in [0.5, 0.6) is 0 Å². The van der Waals surface area contributed by atoms with Gasteiger partial charge in [0.25, 0.3) is 0 Å². The van der Waals surface area contributed by atoms with E-state index >= 15 is 0 Å². The largest absolute Gasteiger partial charge is 0.389 e. The molecule has 1 saturated heterocycles. The zero-order chi connectivity index (χ0) is 27.9. The van der Waals surface area contributed by atoms with Gasteiger partial charge in [0.05, 0.1) is 11.1 Å². The zero-order valence-electron chi connectivity index (χ0n) is 22.6. The van der Waals surface area contributed by atoms with Gasteiger partial charge >= 0.3 is 0 Å². The lowest BCUT2D eigenvalue weighted by Crippen LogP contribution is -2.50. The van der Waals surface area contributed by atoms with Gasteiger partial charge in [0.2, 0.25) is 5.90 Å². The van der Waals surface area contributed by atoms with Crippen LogP contribution in [0.3, 0.4) is 0 Å². The molecule has 2 unspecified atom stereocenters. The van der Waals surface area contributed by atoms with Crippen molar-refractivity contribution in [2.75, 3.05) is 25.5 Å². The van der Waals surface area contributed by atoms with E-state index < -0.39 is 11.6 Å². The molecule has 206 valence electrons. The van der Waals surface area contributed by atoms with Crippen LogP contribution in [0.25, 0.3) is 5.70 Å². The lowest BCUT2D eigenvalue weighted by Gasteiger charge is -2.46. The summed E-state index contributed by atoms with van der Waals surface area (Å²) in [6, 6.07) is 8.17. The highest BCUT2D eigenvalue weighted by Gasteiger charge is 2.47. The van der Waals surface area contributed by atoms with Gasteiger partial charge in [-0.15, -0.1) is 5.06 Å². The lowest BCUT2D eigenvalue weighted by atomic mass is 9.71. The van der Waals surface area contributed by atoms with Crippen molar-refractivity contribution in [1.29, 1.82) is 0 Å². The normalized spacial score (nSPS) is 22.7. The van der Waals surface area contributed by atoms with Crippen LogP contribution in [0.2, 0.25) is 5.02 Å². The molecular formula is C29H33ClF2N6O. The highest BCUT2D eigenvalue weighted by Crippen LogP contribution is 2.44. The number of aliphatic imine (C=N–C) groups is 2. The molecule has 0 radical (unpaired) electrons. The fraction of sp³-hybridized carbons (Fsp3) is 0.414. The molecule has 4 heterocycles. The molecule has 0 aliphatic carbocycles. The van der Waals surface area contributed by atoms with Gasteiger partial charge in [-0.1, -0.05) is 24.2 Å². The van der Waals surface area contributed by atoms with Crippen molar-refractivity contribution in [3.05, 3.63) is 76.5 Å². The van der Waals surface area contributed by atoms with Gasteiger partial charge in [-0.25, -0.2) is 18.8 Å². The Bertz CT molecular complexity index is 1380. The number of hydrogen-bond donors (Lipinski definition) is 1. The fourth-order valence-electron chi connectivity index (χ4n) is 5.61. The molecule has 10 heteroatoms. The number of hydroxylamine groups is 2. The van der Waals surface area contributed by atoms with Crippen molar-refractivity contribution in [3.8, 4) is 0 Å². The Morgan fingerprint density at radius 3 is 2.56 bits per heavy atom. The molecule has 0 spiro atoms. The van der Waals surface area contributed by atoms with Crippen molar-refractivity contribution in [2.24, 2.45) is 15.4 Å². The minimum atomic E-state index is -0.466. The van der Waals surface area contributed by atoms with Crippen LogP contribution in [0.4, 0.5) is 14.6 Å². The molecule has 2 aromatic rings. The number of rotatable bonds is 6. The molecule has 39 heavy (non-hydrogen) atoms. The van der Waals surface area contributed by atoms with Crippen LogP contribution in [0.15, 0.2) is 58.5 Å². The maximum atomic E-state index is 14.8. The summed E-state index contributed by atoms with van der Waals surface area (Å²) in [6.45, 7) is 11.3. The molecule has 7 nitrogen and oxygen atoms in total. The molecule has 0 bridgehead atoms. The van der Waals surface area contributed by atoms with Crippen molar-refractivity contribution in [1.82, 2.24) is 14.9 Å². The van der Waals surface area contributed by atoms with Gasteiger partial charge in [-0.3, -0.25) is 4.99 Å². The molecule has 1 N–H and O–H groups in total. The van der Waals surface area contributed by atoms with Crippen molar-refractivity contribution in [3.63, 3.8) is 0 Å². The SMILES string of the molecule is C=C(c1cccc(Cl)c1F)N1CCC(Cc2ccc(F)c(NC3=NC(C)C(C)=C3)n2)(C2N=C(C)ON2C)CC1. The Kier molecular flexibility index (Phi) is 7.48. The smallest absolute Gasteiger partial charge is 0.208 e. The van der Waals surface area contributed by atoms with Crippen LogP contribution < -0.4 is 5.32 Å². The lowest BCUT2D eigenvalue weighted by molar-refractivity contribution is -0.109. The average Bonchev–Trinajstić information content (AvgIpc) is 3.42. The van der Waals surface area contributed by atoms with E-state index in [1.54, 1.807) is 23.3 Å². The van der Waals surface area contributed by atoms with Crippen molar-refractivity contribution in [2.45, 2.75) is 52.2 Å². The second-order valence-corrected chi connectivity index (χ2v) is 11.0. The Morgan fingerprint density at radius 1 is 1.18 bits per heavy atom. The van der Waals surface area contributed by atoms with Crippen LogP contribution in [0, 0.1) is 17.0 Å². The van der Waals surface area contributed by atoms with E-state index in [0.717, 1.165) is 24.1 Å². The summed E-state index contributed by atoms with van der Waals surface area (Å²) in [7, 11) is 1.87. The minimum Gasteiger partial charge on any atom is -0.389 e. The monoisotopic (exact) mass is 554 g/mol. The molecule has 0 amide bonds. The third-order valence-corrected chi connectivity index (χ3v) is 8.21. The molecule has 5 rings (SSSR count). The Morgan fingerprint density at radius 2 is 1.92 bits per heavy atom. The third kappa shape index (κ3) is 5.43. The van der Waals surface area contributed by atoms with Crippen LogP contribution in [-0.2, 0) is 11.3 Å². The first-order valence-corrected chi connectivity index (χ1v) is 13.5. The first kappa shape index (κ1) is 27.3. The quantitative estimate of drug-likeness (QED) is 0.468. The van der Waals surface area contributed by atoms with Crippen LogP contribution in [-0.4, -0.2) is 59.0 Å². The van der Waals surface area contributed by atoms with Crippen LogP contribution in [0.1, 0.15) is 44.9 Å². The predicted molar refractivity (Wildman–Crippen MR) is 152 cm³/mol. The number of piperidine rings is 1. The van der Waals surface area contributed by atoms with Gasteiger partial charge in [-0.2, -0.15) is 0 Å². The van der Waals surface area contributed by atoms with E-state index in [9.17, 15) is 8.78 Å². The van der Waals surface area contributed by atoms with Crippen molar-refractivity contribution >= 4 is 34.8 Å². The minimum absolute atomic E-state index is 0.0568. The summed E-state index contributed by atoms with van der Waals surface area (Å²) in [4.78, 5) is 21.9. The number of halogens is 3. The molecule has 1 fully saturated rings. The zero-order valence-corrected chi connectivity index (χ0v) is 23.4. The Labute approximate surface area is 232 Å². The van der Waals surface area contributed by atoms with Gasteiger partial charge in [0.1, 0.15) is 12.0 Å². The maximum Gasteiger partial charge on any atom is 0.208 e. The highest BCUT2D eigenvalue weighted by atomic mass is 35.5. The van der Waals surface area contributed by atoms with Crippen molar-refractivity contribution < 1.29 is 13.6 Å². The number of nitrogens with zero attached hydrogens (tertiary/aromatic N) is 5. The molecule has 1 aromatic heterocycles. The van der Waals surface area contributed by atoms with E-state index in [4.69, 9.17) is 21.4 Å². The summed E-state index contributed by atoms with van der Waals surface area (Å²) in [6.07, 6.45) is 3.66. The summed E-state index contributed by atoms with van der Waals surface area (Å²) >= 11 is 6.02. The van der Waals surface area contributed by atoms with Gasteiger partial charge in [-0.05, 0) is 69.0 Å². The molecule has 1 aromatic carbocycles. The van der Waals surface area contributed by atoms with E-state index in [2.05, 4.69) is 26.8 Å². The third-order valence-electron chi connectivity index (χ3n) is 7.92. The van der Waals surface area contributed by atoms with Gasteiger partial charge < -0.3 is 15.1 Å². The predicted octanol–water partition coefficient (Wildman–Crippen LogP) is 6.09. The Balaban J connectivity index is 1.39. The topological polar surface area (TPSA) is 65.3 Å². The van der Waals surface area contributed by atoms with Crippen LogP contribution >= 0.6 is 11.6 Å². The number of amidine groups is 1. The maximum absolute atomic E-state index is 14.8. The second kappa shape index (κ2) is 10.7. The summed E-state index contributed by atoms with van der Waals surface area (Å²) in [5.41, 5.74) is 2.49. The standard InChI is InChI=1S/C29H33ClF2N6O/c1-17-15-25(33-18(17)2)36-27-24(31)10-9-21(35-27)16-29(28-34-20(4)39-37(28)5)11-13-38(14-12-29)19(3)22-7-6-8-23(30)26(22)32/h6-10,15,18,28H,3,11-14,16H2,1-2,4-5H3,(H,33,35,36). The fourth-order valence-corrected chi connectivity index (χ4v) is 5.78. The first-order valence-electron chi connectivity index (χ1n) is 13.1. The first-order chi connectivity index (χ1) is 18.6. The van der Waals surface area contributed by atoms with E-state index in [1.165, 1.54) is 12.1 Å². The molecule has 3 aliphatic heterocycles. The highest BCUT2D eigenvalue weighted by molar-refractivity contribution is 6.30. The number of pyridine rings is 1. The molecule has 2 atom stereocenters. The molecular weight excluding hydrogens is 522 g/mol. The Hall–Kier alpha value is -3.30. The van der Waals surface area contributed by atoms with E-state index in [0.29, 0.717) is 42.5 Å². The number of benzene rings is 1. The second-order valence-electron chi connectivity index (χ2n) is 10.6. The van der Waals surface area contributed by atoms with E-state index in [-0.39, 0.29) is 28.5 Å². The average molecular weight is 555 g/mol.